The average molecular weight is 426 g/mol. The molecule has 1 aromatic heterocycles. The van der Waals surface area contributed by atoms with Crippen molar-refractivity contribution in [1.82, 2.24) is 4.57 Å². The highest BCUT2D eigenvalue weighted by Crippen LogP contribution is 2.44. The zero-order chi connectivity index (χ0) is 23.4. The summed E-state index contributed by atoms with van der Waals surface area (Å²) < 4.78 is 7.73. The summed E-state index contributed by atoms with van der Waals surface area (Å²) in [4.78, 5) is 26.9. The molecule has 1 aliphatic carbocycles. The van der Waals surface area contributed by atoms with Crippen molar-refractivity contribution in [1.29, 1.82) is 0 Å². The second kappa shape index (κ2) is 7.79. The monoisotopic (exact) mass is 425 g/mol. The zero-order valence-corrected chi connectivity index (χ0v) is 20.8. The first-order valence-corrected chi connectivity index (χ1v) is 11.4. The number of ketones is 2. The van der Waals surface area contributed by atoms with Gasteiger partial charge in [0.1, 0.15) is 11.5 Å². The molecule has 0 aliphatic heterocycles. The quantitative estimate of drug-likeness (QED) is 0.563. The van der Waals surface area contributed by atoms with Crippen LogP contribution in [0.25, 0.3) is 10.9 Å². The molecule has 1 heterocycles. The van der Waals surface area contributed by atoms with E-state index in [4.69, 9.17) is 4.74 Å². The molecule has 0 bridgehead atoms. The Labute approximate surface area is 187 Å². The van der Waals surface area contributed by atoms with Gasteiger partial charge in [0.25, 0.3) is 0 Å². The van der Waals surface area contributed by atoms with Crippen LogP contribution in [0.3, 0.4) is 0 Å². The minimum atomic E-state index is -0.546. The van der Waals surface area contributed by atoms with E-state index in [-0.39, 0.29) is 23.4 Å². The third-order valence-electron chi connectivity index (χ3n) is 6.70. The highest BCUT2D eigenvalue weighted by atomic mass is 16.5. The van der Waals surface area contributed by atoms with E-state index in [1.807, 2.05) is 53.7 Å². The van der Waals surface area contributed by atoms with Crippen LogP contribution >= 0.6 is 0 Å². The van der Waals surface area contributed by atoms with E-state index >= 15 is 0 Å². The van der Waals surface area contributed by atoms with E-state index < -0.39 is 16.9 Å². The number of hydrogen-bond donors (Lipinski definition) is 0. The molecule has 1 aromatic carbocycles. The van der Waals surface area contributed by atoms with Crippen LogP contribution in [0.4, 0.5) is 0 Å². The molecule has 0 radical (unpaired) electrons. The van der Waals surface area contributed by atoms with Gasteiger partial charge in [-0.15, -0.1) is 0 Å². The van der Waals surface area contributed by atoms with Gasteiger partial charge < -0.3 is 9.30 Å². The van der Waals surface area contributed by atoms with Crippen LogP contribution in [0, 0.1) is 16.2 Å². The molecule has 1 unspecified atom stereocenters. The van der Waals surface area contributed by atoms with Gasteiger partial charge >= 0.3 is 0 Å². The Balaban J connectivity index is 2.31. The number of nitrogens with zero attached hydrogens (tertiary/aromatic N) is 1. The van der Waals surface area contributed by atoms with Gasteiger partial charge in [0.05, 0.1) is 18.7 Å². The van der Waals surface area contributed by atoms with Gasteiger partial charge in [-0.25, -0.2) is 0 Å². The first kappa shape index (κ1) is 23.6. The maximum atomic E-state index is 13.8. The first-order chi connectivity index (χ1) is 14.2. The lowest BCUT2D eigenvalue weighted by atomic mass is 9.76. The Morgan fingerprint density at radius 2 is 1.74 bits per heavy atom. The third kappa shape index (κ3) is 4.58. The average Bonchev–Trinajstić information content (AvgIpc) is 2.94. The molecule has 4 nitrogen and oxygen atoms in total. The Hall–Kier alpha value is -2.10. The summed E-state index contributed by atoms with van der Waals surface area (Å²) in [6.07, 6.45) is 3.22. The number of ether oxygens (including phenoxy) is 1. The fourth-order valence-electron chi connectivity index (χ4n) is 4.65. The third-order valence-corrected chi connectivity index (χ3v) is 6.70. The molecule has 4 heteroatoms. The molecule has 3 rings (SSSR count). The van der Waals surface area contributed by atoms with Crippen LogP contribution in [-0.4, -0.2) is 23.2 Å². The zero-order valence-electron chi connectivity index (χ0n) is 20.8. The van der Waals surface area contributed by atoms with E-state index in [1.54, 1.807) is 7.11 Å². The molecule has 170 valence electrons. The number of rotatable bonds is 5. The molecular formula is C27H39NO3. The van der Waals surface area contributed by atoms with Gasteiger partial charge in [-0.1, -0.05) is 55.4 Å². The van der Waals surface area contributed by atoms with Gasteiger partial charge in [0.2, 0.25) is 0 Å². The predicted octanol–water partition coefficient (Wildman–Crippen LogP) is 6.33. The van der Waals surface area contributed by atoms with E-state index in [0.29, 0.717) is 0 Å². The fraction of sp³-hybridized carbons (Fsp3) is 0.630. The van der Waals surface area contributed by atoms with Crippen molar-refractivity contribution in [3.05, 3.63) is 29.5 Å². The maximum Gasteiger partial charge on any atom is 0.161 e. The van der Waals surface area contributed by atoms with Crippen LogP contribution in [0.1, 0.15) is 85.5 Å². The van der Waals surface area contributed by atoms with Crippen LogP contribution in [0.2, 0.25) is 0 Å². The standard InChI is InChI=1S/C27H39NO3/c1-25(2,3)23(29)15-21(24(30)26(4,5)6)28-20-14-17(31-9)10-11-18(20)19-12-13-27(7,8)16-22(19)28/h10-11,14,21H,12-13,15-16H2,1-9H3. The Bertz CT molecular complexity index is 1010. The molecule has 0 saturated heterocycles. The van der Waals surface area contributed by atoms with Crippen LogP contribution < -0.4 is 4.74 Å². The topological polar surface area (TPSA) is 48.3 Å². The molecule has 1 aliphatic rings. The highest BCUT2D eigenvalue weighted by Gasteiger charge is 2.39. The molecule has 0 N–H and O–H groups in total. The molecule has 31 heavy (non-hydrogen) atoms. The number of benzene rings is 1. The molecular weight excluding hydrogens is 386 g/mol. The predicted molar refractivity (Wildman–Crippen MR) is 127 cm³/mol. The minimum absolute atomic E-state index is 0.107. The number of Topliss-reactive ketones (excluding diaryl/α,β-unsaturated/α-hetero) is 2. The summed E-state index contributed by atoms with van der Waals surface area (Å²) in [7, 11) is 1.67. The molecule has 0 amide bonds. The summed E-state index contributed by atoms with van der Waals surface area (Å²) in [5, 5.41) is 1.18. The van der Waals surface area contributed by atoms with Crippen molar-refractivity contribution in [3.8, 4) is 5.75 Å². The lowest BCUT2D eigenvalue weighted by Gasteiger charge is -2.34. The van der Waals surface area contributed by atoms with E-state index in [1.165, 1.54) is 16.6 Å². The molecule has 1 atom stereocenters. The van der Waals surface area contributed by atoms with Crippen LogP contribution in [0.5, 0.6) is 5.75 Å². The normalized spacial score (nSPS) is 17.3. The molecule has 0 fully saturated rings. The summed E-state index contributed by atoms with van der Waals surface area (Å²) in [6.45, 7) is 16.2. The SMILES string of the molecule is COc1ccc2c3c(n(C(CC(=O)C(C)(C)C)C(=O)C(C)(C)C)c2c1)CC(C)(C)CC3. The Morgan fingerprint density at radius 1 is 1.10 bits per heavy atom. The van der Waals surface area contributed by atoms with Crippen LogP contribution in [0.15, 0.2) is 18.2 Å². The van der Waals surface area contributed by atoms with E-state index in [2.05, 4.69) is 24.5 Å². The second-order valence-electron chi connectivity index (χ2n) is 12.0. The van der Waals surface area contributed by atoms with Gasteiger partial charge in [0.15, 0.2) is 5.78 Å². The van der Waals surface area contributed by atoms with E-state index in [9.17, 15) is 9.59 Å². The first-order valence-electron chi connectivity index (χ1n) is 11.4. The summed E-state index contributed by atoms with van der Waals surface area (Å²) in [6, 6.07) is 5.63. The van der Waals surface area contributed by atoms with Crippen molar-refractivity contribution < 1.29 is 14.3 Å². The van der Waals surface area contributed by atoms with Crippen molar-refractivity contribution in [2.24, 2.45) is 16.2 Å². The largest absolute Gasteiger partial charge is 0.497 e. The number of hydrogen-bond acceptors (Lipinski definition) is 3. The van der Waals surface area contributed by atoms with Gasteiger partial charge in [-0.05, 0) is 42.4 Å². The number of methoxy groups -OCH3 is 1. The number of aromatic nitrogens is 1. The van der Waals surface area contributed by atoms with Crippen molar-refractivity contribution in [3.63, 3.8) is 0 Å². The van der Waals surface area contributed by atoms with Gasteiger partial charge in [-0.3, -0.25) is 9.59 Å². The maximum absolute atomic E-state index is 13.8. The molecule has 2 aromatic rings. The van der Waals surface area contributed by atoms with Crippen molar-refractivity contribution in [2.45, 2.75) is 87.1 Å². The number of fused-ring (bicyclic) bond motifs is 3. The minimum Gasteiger partial charge on any atom is -0.497 e. The number of carbonyl (C=O) groups is 2. The lowest BCUT2D eigenvalue weighted by molar-refractivity contribution is -0.135. The Kier molecular flexibility index (Phi) is 5.92. The highest BCUT2D eigenvalue weighted by molar-refractivity contribution is 5.96. The fourth-order valence-corrected chi connectivity index (χ4v) is 4.65. The van der Waals surface area contributed by atoms with Crippen LogP contribution in [-0.2, 0) is 22.4 Å². The van der Waals surface area contributed by atoms with Gasteiger partial charge in [-0.2, -0.15) is 0 Å². The summed E-state index contributed by atoms with van der Waals surface area (Å²) in [5.74, 6) is 0.992. The van der Waals surface area contributed by atoms with Crippen molar-refractivity contribution >= 4 is 22.5 Å². The smallest absolute Gasteiger partial charge is 0.161 e. The Morgan fingerprint density at radius 3 is 2.29 bits per heavy atom. The van der Waals surface area contributed by atoms with E-state index in [0.717, 1.165) is 30.5 Å². The molecule has 0 spiro atoms. The number of aryl methyl sites for hydroxylation is 1. The summed E-state index contributed by atoms with van der Waals surface area (Å²) >= 11 is 0. The number of carbonyl (C=O) groups excluding carboxylic acids is 2. The summed E-state index contributed by atoms with van der Waals surface area (Å²) in [5.41, 5.74) is 2.67. The molecule has 0 saturated carbocycles. The lowest BCUT2D eigenvalue weighted by Crippen LogP contribution is -2.36. The second-order valence-corrected chi connectivity index (χ2v) is 12.0. The van der Waals surface area contributed by atoms with Crippen molar-refractivity contribution in [2.75, 3.05) is 7.11 Å². The van der Waals surface area contributed by atoms with Gasteiger partial charge in [0, 0.05) is 34.4 Å².